The van der Waals surface area contributed by atoms with Crippen LogP contribution in [-0.2, 0) is 6.54 Å². The summed E-state index contributed by atoms with van der Waals surface area (Å²) in [5.41, 5.74) is 1.29. The van der Waals surface area contributed by atoms with Crippen molar-refractivity contribution in [1.29, 1.82) is 0 Å². The molecule has 8 heteroatoms. The first-order chi connectivity index (χ1) is 14.1. The van der Waals surface area contributed by atoms with Crippen LogP contribution >= 0.6 is 11.8 Å². The summed E-state index contributed by atoms with van der Waals surface area (Å²) in [4.78, 5) is 23.7. The zero-order valence-corrected chi connectivity index (χ0v) is 17.6. The van der Waals surface area contributed by atoms with E-state index in [2.05, 4.69) is 27.1 Å². The number of carbonyl (C=O) groups excluding carboxylic acids is 1. The Hall–Kier alpha value is -2.32. The number of amides is 1. The summed E-state index contributed by atoms with van der Waals surface area (Å²) in [7, 11) is 1.62. The number of hydrogen-bond donors (Lipinski definition) is 1. The number of likely N-dealkylation sites (tertiary alicyclic amines) is 1. The molecule has 7 nitrogen and oxygen atoms in total. The molecule has 3 heterocycles. The monoisotopic (exact) mass is 414 g/mol. The topological polar surface area (TPSA) is 76.6 Å². The van der Waals surface area contributed by atoms with Crippen LogP contribution in [0, 0.1) is 0 Å². The highest BCUT2D eigenvalue weighted by atomic mass is 32.2. The van der Waals surface area contributed by atoms with Crippen LogP contribution in [0.15, 0.2) is 35.7 Å². The minimum Gasteiger partial charge on any atom is -0.497 e. The van der Waals surface area contributed by atoms with Gasteiger partial charge in [-0.05, 0) is 17.9 Å². The first-order valence-corrected chi connectivity index (χ1v) is 10.9. The number of ether oxygens (including phenoxy) is 2. The summed E-state index contributed by atoms with van der Waals surface area (Å²) in [6, 6.07) is 5.36. The fraction of sp³-hybridized carbons (Fsp3) is 0.476. The van der Waals surface area contributed by atoms with Gasteiger partial charge in [-0.1, -0.05) is 18.7 Å². The van der Waals surface area contributed by atoms with Gasteiger partial charge in [0.15, 0.2) is 5.16 Å². The van der Waals surface area contributed by atoms with Crippen molar-refractivity contribution in [3.05, 3.63) is 41.7 Å². The SMILES string of the molecule is CCSc1ncc(CN2CCC3(CC2)CNC(=O)c2ccc(OC)cc2O3)cn1. The van der Waals surface area contributed by atoms with E-state index in [1.807, 2.05) is 18.5 Å². The van der Waals surface area contributed by atoms with Gasteiger partial charge in [0.25, 0.3) is 5.91 Å². The van der Waals surface area contributed by atoms with E-state index >= 15 is 0 Å². The predicted molar refractivity (Wildman–Crippen MR) is 112 cm³/mol. The van der Waals surface area contributed by atoms with Crippen molar-refractivity contribution in [1.82, 2.24) is 20.2 Å². The van der Waals surface area contributed by atoms with Gasteiger partial charge in [-0.3, -0.25) is 9.69 Å². The maximum atomic E-state index is 12.5. The summed E-state index contributed by atoms with van der Waals surface area (Å²) >= 11 is 1.65. The van der Waals surface area contributed by atoms with E-state index in [4.69, 9.17) is 9.47 Å². The summed E-state index contributed by atoms with van der Waals surface area (Å²) < 4.78 is 11.7. The molecule has 0 unspecified atom stereocenters. The second kappa shape index (κ2) is 8.59. The van der Waals surface area contributed by atoms with Gasteiger partial charge in [-0.25, -0.2) is 9.97 Å². The van der Waals surface area contributed by atoms with Gasteiger partial charge in [-0.2, -0.15) is 0 Å². The molecule has 0 radical (unpaired) electrons. The number of aromatic nitrogens is 2. The molecule has 0 aliphatic carbocycles. The van der Waals surface area contributed by atoms with Crippen LogP contribution in [0.1, 0.15) is 35.7 Å². The number of methoxy groups -OCH3 is 1. The third-order valence-electron chi connectivity index (χ3n) is 5.46. The summed E-state index contributed by atoms with van der Waals surface area (Å²) in [6.45, 7) is 5.21. The number of hydrogen-bond acceptors (Lipinski definition) is 7. The van der Waals surface area contributed by atoms with Gasteiger partial charge in [0.1, 0.15) is 17.1 Å². The fourth-order valence-corrected chi connectivity index (χ4v) is 4.30. The normalized spacial score (nSPS) is 18.5. The molecule has 0 atom stereocenters. The van der Waals surface area contributed by atoms with Crippen LogP contribution in [0.25, 0.3) is 0 Å². The van der Waals surface area contributed by atoms with Crippen molar-refractivity contribution in [2.45, 2.75) is 37.1 Å². The zero-order chi connectivity index (χ0) is 20.3. The smallest absolute Gasteiger partial charge is 0.255 e. The molecule has 0 saturated carbocycles. The number of piperidine rings is 1. The Morgan fingerprint density at radius 1 is 1.28 bits per heavy atom. The maximum absolute atomic E-state index is 12.5. The average molecular weight is 415 g/mol. The first-order valence-electron chi connectivity index (χ1n) is 9.92. The molecule has 2 aliphatic heterocycles. The molecule has 1 aromatic heterocycles. The van der Waals surface area contributed by atoms with Crippen molar-refractivity contribution >= 4 is 17.7 Å². The largest absolute Gasteiger partial charge is 0.497 e. The third-order valence-corrected chi connectivity index (χ3v) is 6.22. The molecule has 29 heavy (non-hydrogen) atoms. The Morgan fingerprint density at radius 3 is 2.72 bits per heavy atom. The molecule has 2 aliphatic rings. The number of carbonyl (C=O) groups is 1. The van der Waals surface area contributed by atoms with Gasteiger partial charge in [0.2, 0.25) is 0 Å². The Labute approximate surface area is 175 Å². The van der Waals surface area contributed by atoms with Crippen molar-refractivity contribution < 1.29 is 14.3 Å². The van der Waals surface area contributed by atoms with Gasteiger partial charge >= 0.3 is 0 Å². The molecule has 1 aromatic carbocycles. The highest BCUT2D eigenvalue weighted by Crippen LogP contribution is 2.35. The lowest BCUT2D eigenvalue weighted by Crippen LogP contribution is -2.53. The van der Waals surface area contributed by atoms with Crippen molar-refractivity contribution in [3.63, 3.8) is 0 Å². The molecule has 1 amide bonds. The molecule has 154 valence electrons. The Balaban J connectivity index is 1.41. The second-order valence-electron chi connectivity index (χ2n) is 7.41. The van der Waals surface area contributed by atoms with E-state index in [0.717, 1.165) is 48.9 Å². The molecule has 1 N–H and O–H groups in total. The lowest BCUT2D eigenvalue weighted by atomic mass is 9.90. The van der Waals surface area contributed by atoms with Crippen LogP contribution in [0.2, 0.25) is 0 Å². The fourth-order valence-electron chi connectivity index (χ4n) is 3.79. The van der Waals surface area contributed by atoms with Crippen LogP contribution in [0.3, 0.4) is 0 Å². The van der Waals surface area contributed by atoms with Crippen LogP contribution in [-0.4, -0.2) is 58.9 Å². The predicted octanol–water partition coefficient (Wildman–Crippen LogP) is 2.75. The first kappa shape index (κ1) is 20.0. The van der Waals surface area contributed by atoms with Crippen LogP contribution in [0.5, 0.6) is 11.5 Å². The molecule has 1 spiro atoms. The number of nitrogens with one attached hydrogen (secondary N) is 1. The summed E-state index contributed by atoms with van der Waals surface area (Å²) in [5.74, 6) is 2.17. The van der Waals surface area contributed by atoms with E-state index in [1.165, 1.54) is 0 Å². The lowest BCUT2D eigenvalue weighted by Gasteiger charge is -2.41. The van der Waals surface area contributed by atoms with Crippen molar-refractivity contribution in [2.24, 2.45) is 0 Å². The number of fused-ring (bicyclic) bond motifs is 1. The number of benzene rings is 1. The van der Waals surface area contributed by atoms with Gasteiger partial charge in [-0.15, -0.1) is 0 Å². The number of nitrogens with zero attached hydrogens (tertiary/aromatic N) is 3. The highest BCUT2D eigenvalue weighted by Gasteiger charge is 2.40. The quantitative estimate of drug-likeness (QED) is 0.595. The van der Waals surface area contributed by atoms with E-state index in [9.17, 15) is 4.79 Å². The molecular formula is C21H26N4O3S. The highest BCUT2D eigenvalue weighted by molar-refractivity contribution is 7.99. The lowest BCUT2D eigenvalue weighted by molar-refractivity contribution is 0.00378. The Bertz CT molecular complexity index is 867. The minimum atomic E-state index is -0.387. The van der Waals surface area contributed by atoms with Crippen molar-refractivity contribution in [3.8, 4) is 11.5 Å². The molecule has 2 aromatic rings. The van der Waals surface area contributed by atoms with E-state index in [1.54, 1.807) is 31.0 Å². The van der Waals surface area contributed by atoms with E-state index in [-0.39, 0.29) is 11.5 Å². The van der Waals surface area contributed by atoms with Gasteiger partial charge in [0.05, 0.1) is 19.2 Å². The zero-order valence-electron chi connectivity index (χ0n) is 16.8. The Morgan fingerprint density at radius 2 is 2.03 bits per heavy atom. The molecule has 4 rings (SSSR count). The minimum absolute atomic E-state index is 0.0934. The van der Waals surface area contributed by atoms with E-state index < -0.39 is 0 Å². The number of rotatable bonds is 5. The second-order valence-corrected chi connectivity index (χ2v) is 8.64. The summed E-state index contributed by atoms with van der Waals surface area (Å²) in [6.07, 6.45) is 5.52. The summed E-state index contributed by atoms with van der Waals surface area (Å²) in [5, 5.41) is 3.86. The van der Waals surface area contributed by atoms with Gasteiger partial charge < -0.3 is 14.8 Å². The standard InChI is InChI=1S/C21H26N4O3S/c1-3-29-20-22-11-15(12-23-20)13-25-8-6-21(7-9-25)14-24-19(26)17-5-4-16(27-2)10-18(17)28-21/h4-5,10-12H,3,6-9,13-14H2,1-2H3,(H,24,26). The molecule has 1 fully saturated rings. The third kappa shape index (κ3) is 4.48. The van der Waals surface area contributed by atoms with Crippen LogP contribution in [0.4, 0.5) is 0 Å². The van der Waals surface area contributed by atoms with Crippen molar-refractivity contribution in [2.75, 3.05) is 32.5 Å². The maximum Gasteiger partial charge on any atom is 0.255 e. The molecule has 0 bridgehead atoms. The number of thioether (sulfide) groups is 1. The average Bonchev–Trinajstić information content (AvgIpc) is 2.88. The molecular weight excluding hydrogens is 388 g/mol. The van der Waals surface area contributed by atoms with Gasteiger partial charge in [0, 0.05) is 56.5 Å². The van der Waals surface area contributed by atoms with Crippen LogP contribution < -0.4 is 14.8 Å². The van der Waals surface area contributed by atoms with E-state index in [0.29, 0.717) is 23.6 Å². The molecule has 1 saturated heterocycles. The Kier molecular flexibility index (Phi) is 5.91.